The van der Waals surface area contributed by atoms with Crippen molar-refractivity contribution in [2.75, 3.05) is 4.90 Å². The SMILES string of the molecule is c1ccc(-c2ccc(N(c3cc4c(cc3-c3cccc5c3CCCC5)-c3ccccc3C43c4ccccc4-c4ccccc43)c3cccc4c3oc3ccccc34)cc2)cc1. The molecule has 9 aromatic carbocycles. The predicted octanol–water partition coefficient (Wildman–Crippen LogP) is 15.6. The number of para-hydroxylation sites is 2. The summed E-state index contributed by atoms with van der Waals surface area (Å²) in [6.07, 6.45) is 4.63. The lowest BCUT2D eigenvalue weighted by molar-refractivity contribution is 0.669. The molecule has 0 bridgehead atoms. The smallest absolute Gasteiger partial charge is 0.159 e. The van der Waals surface area contributed by atoms with Gasteiger partial charge in [0.25, 0.3) is 0 Å². The first-order chi connectivity index (χ1) is 30.3. The molecule has 2 heteroatoms. The summed E-state index contributed by atoms with van der Waals surface area (Å²) in [5.74, 6) is 0. The van der Waals surface area contributed by atoms with Gasteiger partial charge in [-0.3, -0.25) is 0 Å². The number of hydrogen-bond donors (Lipinski definition) is 0. The summed E-state index contributed by atoms with van der Waals surface area (Å²) in [6, 6.07) is 74.5. The summed E-state index contributed by atoms with van der Waals surface area (Å²) >= 11 is 0. The Morgan fingerprint density at radius 2 is 0.984 bits per heavy atom. The number of hydrogen-bond acceptors (Lipinski definition) is 2. The molecule has 3 aliphatic rings. The van der Waals surface area contributed by atoms with E-state index in [-0.39, 0.29) is 0 Å². The van der Waals surface area contributed by atoms with Crippen LogP contribution < -0.4 is 4.90 Å². The molecule has 0 atom stereocenters. The van der Waals surface area contributed by atoms with Gasteiger partial charge in [-0.05, 0) is 134 Å². The maximum Gasteiger partial charge on any atom is 0.159 e. The van der Waals surface area contributed by atoms with E-state index in [4.69, 9.17) is 4.42 Å². The van der Waals surface area contributed by atoms with Crippen LogP contribution in [0.4, 0.5) is 17.1 Å². The molecule has 1 spiro atoms. The Bertz CT molecular complexity index is 3330. The minimum absolute atomic E-state index is 0.489. The fraction of sp³-hybridized carbons (Fsp3) is 0.0847. The number of rotatable bonds is 5. The van der Waals surface area contributed by atoms with Crippen molar-refractivity contribution in [2.24, 2.45) is 0 Å². The van der Waals surface area contributed by atoms with Gasteiger partial charge < -0.3 is 9.32 Å². The number of benzene rings is 9. The largest absolute Gasteiger partial charge is 0.454 e. The van der Waals surface area contributed by atoms with Crippen molar-refractivity contribution in [3.8, 4) is 44.5 Å². The molecule has 0 aliphatic heterocycles. The molecule has 0 N–H and O–H groups in total. The van der Waals surface area contributed by atoms with E-state index in [2.05, 4.69) is 205 Å². The Morgan fingerprint density at radius 3 is 1.74 bits per heavy atom. The third kappa shape index (κ3) is 4.91. The van der Waals surface area contributed by atoms with Crippen molar-refractivity contribution in [1.82, 2.24) is 0 Å². The van der Waals surface area contributed by atoms with Gasteiger partial charge in [0.1, 0.15) is 5.58 Å². The van der Waals surface area contributed by atoms with Gasteiger partial charge in [-0.15, -0.1) is 0 Å². The monoisotopic (exact) mass is 779 g/mol. The molecule has 61 heavy (non-hydrogen) atoms. The van der Waals surface area contributed by atoms with Gasteiger partial charge in [-0.1, -0.05) is 164 Å². The van der Waals surface area contributed by atoms with Crippen LogP contribution in [0, 0.1) is 0 Å². The number of aryl methyl sites for hydroxylation is 1. The highest BCUT2D eigenvalue weighted by molar-refractivity contribution is 6.11. The number of fused-ring (bicyclic) bond motifs is 14. The molecule has 1 heterocycles. The molecule has 0 amide bonds. The highest BCUT2D eigenvalue weighted by Crippen LogP contribution is 2.64. The molecule has 3 aliphatic carbocycles. The summed E-state index contributed by atoms with van der Waals surface area (Å²) in [7, 11) is 0. The Kier molecular flexibility index (Phi) is 7.51. The van der Waals surface area contributed by atoms with Gasteiger partial charge in [0.15, 0.2) is 5.58 Å². The molecule has 10 aromatic rings. The highest BCUT2D eigenvalue weighted by Gasteiger charge is 2.52. The molecule has 0 saturated heterocycles. The van der Waals surface area contributed by atoms with E-state index in [1.54, 1.807) is 0 Å². The lowest BCUT2D eigenvalue weighted by atomic mass is 9.70. The average Bonchev–Trinajstić information content (AvgIpc) is 3.96. The third-order valence-corrected chi connectivity index (χ3v) is 13.9. The average molecular weight is 780 g/mol. The van der Waals surface area contributed by atoms with Crippen molar-refractivity contribution >= 4 is 39.0 Å². The van der Waals surface area contributed by atoms with Crippen molar-refractivity contribution < 1.29 is 4.42 Å². The van der Waals surface area contributed by atoms with E-state index in [0.29, 0.717) is 0 Å². The van der Waals surface area contributed by atoms with Crippen LogP contribution in [0.15, 0.2) is 205 Å². The van der Waals surface area contributed by atoms with Crippen LogP contribution in [0.3, 0.4) is 0 Å². The van der Waals surface area contributed by atoms with E-state index < -0.39 is 5.41 Å². The van der Waals surface area contributed by atoms with Gasteiger partial charge in [0.05, 0.1) is 16.8 Å². The Labute approximate surface area is 356 Å². The molecule has 13 rings (SSSR count). The zero-order valence-electron chi connectivity index (χ0n) is 33.7. The van der Waals surface area contributed by atoms with Crippen LogP contribution in [-0.2, 0) is 18.3 Å². The van der Waals surface area contributed by atoms with Gasteiger partial charge in [0, 0.05) is 22.0 Å². The second kappa shape index (κ2) is 13.3. The van der Waals surface area contributed by atoms with E-state index in [9.17, 15) is 0 Å². The first kappa shape index (κ1) is 34.4. The van der Waals surface area contributed by atoms with Crippen LogP contribution in [-0.4, -0.2) is 0 Å². The summed E-state index contributed by atoms with van der Waals surface area (Å²) in [5.41, 5.74) is 23.0. The number of furan rings is 1. The fourth-order valence-corrected chi connectivity index (χ4v) is 11.3. The minimum atomic E-state index is -0.489. The van der Waals surface area contributed by atoms with E-state index in [0.717, 1.165) is 51.8 Å². The Morgan fingerprint density at radius 1 is 0.393 bits per heavy atom. The highest BCUT2D eigenvalue weighted by atomic mass is 16.3. The molecule has 0 saturated carbocycles. The second-order valence-electron chi connectivity index (χ2n) is 17.0. The first-order valence-corrected chi connectivity index (χ1v) is 21.7. The summed E-state index contributed by atoms with van der Waals surface area (Å²) in [5, 5.41) is 2.24. The van der Waals surface area contributed by atoms with Gasteiger partial charge >= 0.3 is 0 Å². The zero-order chi connectivity index (χ0) is 40.1. The van der Waals surface area contributed by atoms with Crippen LogP contribution in [0.2, 0.25) is 0 Å². The van der Waals surface area contributed by atoms with E-state index in [1.807, 2.05) is 0 Å². The molecule has 1 aromatic heterocycles. The molecule has 0 unspecified atom stereocenters. The quantitative estimate of drug-likeness (QED) is 0.173. The van der Waals surface area contributed by atoms with Crippen LogP contribution in [0.5, 0.6) is 0 Å². The Hall–Kier alpha value is -7.42. The number of nitrogens with zero attached hydrogens (tertiary/aromatic N) is 1. The molecular weight excluding hydrogens is 739 g/mol. The predicted molar refractivity (Wildman–Crippen MR) is 252 cm³/mol. The zero-order valence-corrected chi connectivity index (χ0v) is 33.7. The summed E-state index contributed by atoms with van der Waals surface area (Å²) < 4.78 is 6.92. The van der Waals surface area contributed by atoms with E-state index >= 15 is 0 Å². The van der Waals surface area contributed by atoms with Crippen molar-refractivity contribution in [1.29, 1.82) is 0 Å². The molecule has 2 nitrogen and oxygen atoms in total. The minimum Gasteiger partial charge on any atom is -0.454 e. The molecule has 0 fully saturated rings. The van der Waals surface area contributed by atoms with Gasteiger partial charge in [0.2, 0.25) is 0 Å². The van der Waals surface area contributed by atoms with Gasteiger partial charge in [-0.25, -0.2) is 0 Å². The second-order valence-corrected chi connectivity index (χ2v) is 17.0. The number of anilines is 3. The lowest BCUT2D eigenvalue weighted by Crippen LogP contribution is -2.26. The molecule has 288 valence electrons. The fourth-order valence-electron chi connectivity index (χ4n) is 11.3. The Balaban J connectivity index is 1.17. The van der Waals surface area contributed by atoms with E-state index in [1.165, 1.54) is 90.7 Å². The van der Waals surface area contributed by atoms with Crippen LogP contribution in [0.1, 0.15) is 46.2 Å². The van der Waals surface area contributed by atoms with Crippen molar-refractivity contribution in [3.63, 3.8) is 0 Å². The third-order valence-electron chi connectivity index (χ3n) is 13.9. The van der Waals surface area contributed by atoms with Crippen LogP contribution >= 0.6 is 0 Å². The normalized spacial score (nSPS) is 14.1. The van der Waals surface area contributed by atoms with Gasteiger partial charge in [-0.2, -0.15) is 0 Å². The van der Waals surface area contributed by atoms with Crippen molar-refractivity contribution in [2.45, 2.75) is 31.1 Å². The lowest BCUT2D eigenvalue weighted by Gasteiger charge is -2.34. The topological polar surface area (TPSA) is 16.4 Å². The van der Waals surface area contributed by atoms with Crippen LogP contribution in [0.25, 0.3) is 66.4 Å². The summed E-state index contributed by atoms with van der Waals surface area (Å²) in [6.45, 7) is 0. The molecule has 0 radical (unpaired) electrons. The first-order valence-electron chi connectivity index (χ1n) is 21.7. The maximum absolute atomic E-state index is 6.92. The maximum atomic E-state index is 6.92. The standard InChI is InChI=1S/C59H41NO/c1-2-16-38(17-3-1)39-32-34-41(35-33-39)60(55-30-15-26-48-47-24-9-13-31-57(47)61-58(48)55)56-37-54-49(36-50(56)43-25-14-19-40-18-4-5-20-42(40)43)46-23-8-12-29-53(46)59(54)51-27-10-6-21-44(51)45-22-7-11-28-52(45)59/h1-3,6-17,19,21-37H,4-5,18,20H2. The van der Waals surface area contributed by atoms with Crippen molar-refractivity contribution in [3.05, 3.63) is 234 Å². The molecular formula is C59H41NO. The summed E-state index contributed by atoms with van der Waals surface area (Å²) in [4.78, 5) is 2.50.